The quantitative estimate of drug-likeness (QED) is 0.691. The highest BCUT2D eigenvalue weighted by molar-refractivity contribution is 5.04. The average Bonchev–Trinajstić information content (AvgIpc) is 2.65. The number of aromatic nitrogens is 1. The normalized spacial score (nSPS) is 15.0. The number of unbranched alkanes of at least 4 members (excludes halogenated alkanes) is 1. The van der Waals surface area contributed by atoms with Crippen molar-refractivity contribution in [2.75, 3.05) is 0 Å². The van der Waals surface area contributed by atoms with Crippen LogP contribution in [-0.4, -0.2) is 5.16 Å². The first-order chi connectivity index (χ1) is 7.67. The summed E-state index contributed by atoms with van der Waals surface area (Å²) in [5, 5.41) is 3.91. The Hall–Kier alpha value is -0.790. The van der Waals surface area contributed by atoms with Crippen LogP contribution in [0, 0.1) is 25.7 Å². The highest BCUT2D eigenvalue weighted by Gasteiger charge is 2.17. The summed E-state index contributed by atoms with van der Waals surface area (Å²) in [5.74, 6) is 2.14. The fourth-order valence-corrected chi connectivity index (χ4v) is 2.18. The van der Waals surface area contributed by atoms with E-state index in [1.165, 1.54) is 25.7 Å². The van der Waals surface area contributed by atoms with Gasteiger partial charge in [-0.05, 0) is 25.7 Å². The predicted molar refractivity (Wildman–Crippen MR) is 67.1 cm³/mol. The molecule has 0 spiro atoms. The number of hydrogen-bond acceptors (Lipinski definition) is 2. The van der Waals surface area contributed by atoms with Gasteiger partial charge in [0, 0.05) is 12.5 Å². The maximum Gasteiger partial charge on any atom is 0.137 e. The molecule has 0 aromatic carbocycles. The van der Waals surface area contributed by atoms with Crippen LogP contribution in [0.2, 0.25) is 0 Å². The molecule has 0 saturated carbocycles. The van der Waals surface area contributed by atoms with E-state index in [4.69, 9.17) is 4.52 Å². The standard InChI is InChI=1S/C14H24NO/c1-5-7-8-13(6-2)11(3)9-14-10-12(4)15-16-14/h10-11,13H,3,5-9H2,1-2,4H3. The molecule has 0 saturated heterocycles. The van der Waals surface area contributed by atoms with Gasteiger partial charge in [0.1, 0.15) is 5.76 Å². The molecule has 0 bridgehead atoms. The van der Waals surface area contributed by atoms with E-state index in [1.54, 1.807) is 0 Å². The Balaban J connectivity index is 2.45. The summed E-state index contributed by atoms with van der Waals surface area (Å²) < 4.78 is 5.24. The molecule has 1 aromatic heterocycles. The highest BCUT2D eigenvalue weighted by atomic mass is 16.5. The molecule has 0 fully saturated rings. The van der Waals surface area contributed by atoms with E-state index in [0.717, 1.165) is 17.9 Å². The number of rotatable bonds is 7. The summed E-state index contributed by atoms with van der Waals surface area (Å²) >= 11 is 0. The van der Waals surface area contributed by atoms with Gasteiger partial charge in [-0.15, -0.1) is 0 Å². The van der Waals surface area contributed by atoms with E-state index in [-0.39, 0.29) is 0 Å². The van der Waals surface area contributed by atoms with Crippen molar-refractivity contribution < 1.29 is 4.52 Å². The van der Waals surface area contributed by atoms with Gasteiger partial charge < -0.3 is 4.52 Å². The molecular weight excluding hydrogens is 198 g/mol. The summed E-state index contributed by atoms with van der Waals surface area (Å²) in [7, 11) is 0. The Morgan fingerprint density at radius 2 is 2.19 bits per heavy atom. The summed E-state index contributed by atoms with van der Waals surface area (Å²) in [6.07, 6.45) is 5.99. The molecule has 16 heavy (non-hydrogen) atoms. The lowest BCUT2D eigenvalue weighted by Crippen LogP contribution is -2.13. The molecule has 0 amide bonds. The zero-order valence-corrected chi connectivity index (χ0v) is 10.8. The van der Waals surface area contributed by atoms with Crippen molar-refractivity contribution in [1.29, 1.82) is 0 Å². The zero-order chi connectivity index (χ0) is 12.0. The van der Waals surface area contributed by atoms with E-state index in [1.807, 2.05) is 13.0 Å². The van der Waals surface area contributed by atoms with Crippen LogP contribution in [0.5, 0.6) is 0 Å². The second kappa shape index (κ2) is 6.72. The second-order valence-electron chi connectivity index (χ2n) is 4.71. The van der Waals surface area contributed by atoms with Crippen LogP contribution in [0.3, 0.4) is 0 Å². The van der Waals surface area contributed by atoms with Gasteiger partial charge in [-0.2, -0.15) is 0 Å². The molecule has 1 heterocycles. The van der Waals surface area contributed by atoms with E-state index in [0.29, 0.717) is 11.8 Å². The molecule has 91 valence electrons. The Bertz CT molecular complexity index is 293. The minimum Gasteiger partial charge on any atom is -0.361 e. The van der Waals surface area contributed by atoms with E-state index >= 15 is 0 Å². The third-order valence-electron chi connectivity index (χ3n) is 3.26. The van der Waals surface area contributed by atoms with E-state index in [2.05, 4.69) is 25.9 Å². The minimum atomic E-state index is 0.448. The fourth-order valence-electron chi connectivity index (χ4n) is 2.18. The van der Waals surface area contributed by atoms with Crippen molar-refractivity contribution in [2.24, 2.45) is 11.8 Å². The number of aryl methyl sites for hydroxylation is 1. The topological polar surface area (TPSA) is 26.0 Å². The molecule has 1 aromatic rings. The lowest BCUT2D eigenvalue weighted by molar-refractivity contribution is 0.305. The van der Waals surface area contributed by atoms with Gasteiger partial charge in [0.2, 0.25) is 0 Å². The first-order valence-electron chi connectivity index (χ1n) is 6.42. The Morgan fingerprint density at radius 3 is 2.69 bits per heavy atom. The minimum absolute atomic E-state index is 0.448. The van der Waals surface area contributed by atoms with Gasteiger partial charge in [-0.25, -0.2) is 0 Å². The Morgan fingerprint density at radius 1 is 1.44 bits per heavy atom. The third-order valence-corrected chi connectivity index (χ3v) is 3.26. The molecule has 0 aliphatic carbocycles. The molecule has 0 N–H and O–H groups in total. The molecule has 1 radical (unpaired) electrons. The monoisotopic (exact) mass is 222 g/mol. The third kappa shape index (κ3) is 3.99. The van der Waals surface area contributed by atoms with Gasteiger partial charge in [0.15, 0.2) is 0 Å². The second-order valence-corrected chi connectivity index (χ2v) is 4.71. The first kappa shape index (κ1) is 13.3. The lowest BCUT2D eigenvalue weighted by atomic mass is 9.84. The average molecular weight is 222 g/mol. The molecule has 2 atom stereocenters. The molecular formula is C14H24NO. The van der Waals surface area contributed by atoms with Crippen LogP contribution in [0.1, 0.15) is 51.0 Å². The molecule has 2 unspecified atom stereocenters. The summed E-state index contributed by atoms with van der Waals surface area (Å²) in [6, 6.07) is 2.02. The van der Waals surface area contributed by atoms with Gasteiger partial charge in [-0.3, -0.25) is 0 Å². The largest absolute Gasteiger partial charge is 0.361 e. The van der Waals surface area contributed by atoms with Gasteiger partial charge in [-0.1, -0.05) is 44.7 Å². The molecule has 0 aliphatic heterocycles. The molecule has 2 heteroatoms. The Kier molecular flexibility index (Phi) is 5.58. The van der Waals surface area contributed by atoms with Crippen molar-refractivity contribution in [2.45, 2.75) is 52.9 Å². The summed E-state index contributed by atoms with van der Waals surface area (Å²) in [6.45, 7) is 10.7. The summed E-state index contributed by atoms with van der Waals surface area (Å²) in [4.78, 5) is 0. The van der Waals surface area contributed by atoms with E-state index in [9.17, 15) is 0 Å². The zero-order valence-electron chi connectivity index (χ0n) is 10.8. The summed E-state index contributed by atoms with van der Waals surface area (Å²) in [5.41, 5.74) is 0.962. The van der Waals surface area contributed by atoms with Crippen LogP contribution < -0.4 is 0 Å². The van der Waals surface area contributed by atoms with Crippen LogP contribution in [0.15, 0.2) is 10.6 Å². The van der Waals surface area contributed by atoms with Crippen molar-refractivity contribution in [1.82, 2.24) is 5.16 Å². The lowest BCUT2D eigenvalue weighted by Gasteiger charge is -2.21. The Labute approximate surface area is 99.4 Å². The van der Waals surface area contributed by atoms with Crippen molar-refractivity contribution in [3.05, 3.63) is 24.4 Å². The SMILES string of the molecule is [CH2]C(Cc1cc(C)no1)C(CC)CCCC. The maximum atomic E-state index is 5.24. The van der Waals surface area contributed by atoms with E-state index < -0.39 is 0 Å². The van der Waals surface area contributed by atoms with Crippen molar-refractivity contribution in [3.63, 3.8) is 0 Å². The fraction of sp³-hybridized carbons (Fsp3) is 0.714. The number of nitrogens with zero attached hydrogens (tertiary/aromatic N) is 1. The maximum absolute atomic E-state index is 5.24. The number of hydrogen-bond donors (Lipinski definition) is 0. The molecule has 1 rings (SSSR count). The smallest absolute Gasteiger partial charge is 0.137 e. The molecule has 0 aliphatic rings. The predicted octanol–water partition coefficient (Wildman–Crippen LogP) is 4.19. The van der Waals surface area contributed by atoms with Crippen molar-refractivity contribution >= 4 is 0 Å². The van der Waals surface area contributed by atoms with Gasteiger partial charge in [0.25, 0.3) is 0 Å². The first-order valence-corrected chi connectivity index (χ1v) is 6.42. The highest BCUT2D eigenvalue weighted by Crippen LogP contribution is 2.25. The molecule has 2 nitrogen and oxygen atoms in total. The van der Waals surface area contributed by atoms with Crippen LogP contribution in [0.4, 0.5) is 0 Å². The van der Waals surface area contributed by atoms with Crippen molar-refractivity contribution in [3.8, 4) is 0 Å². The van der Waals surface area contributed by atoms with Crippen LogP contribution in [-0.2, 0) is 6.42 Å². The van der Waals surface area contributed by atoms with Gasteiger partial charge in [0.05, 0.1) is 5.69 Å². The van der Waals surface area contributed by atoms with Crippen LogP contribution >= 0.6 is 0 Å². The van der Waals surface area contributed by atoms with Gasteiger partial charge >= 0.3 is 0 Å². The van der Waals surface area contributed by atoms with Crippen LogP contribution in [0.25, 0.3) is 0 Å².